The number of allylic oxidation sites excluding steroid dienone is 1. The second kappa shape index (κ2) is 5.03. The Morgan fingerprint density at radius 2 is 1.94 bits per heavy atom. The molecule has 0 radical (unpaired) electrons. The zero-order valence-corrected chi connectivity index (χ0v) is 10.9. The van der Waals surface area contributed by atoms with Crippen molar-refractivity contribution in [1.82, 2.24) is 0 Å². The van der Waals surface area contributed by atoms with Gasteiger partial charge in [0.25, 0.3) is 0 Å². The van der Waals surface area contributed by atoms with E-state index in [-0.39, 0.29) is 0 Å². The van der Waals surface area contributed by atoms with Crippen LogP contribution in [0, 0.1) is 18.3 Å². The second-order valence-corrected chi connectivity index (χ2v) is 4.46. The zero-order chi connectivity index (χ0) is 12.3. The molecule has 17 heavy (non-hydrogen) atoms. The van der Waals surface area contributed by atoms with Gasteiger partial charge in [-0.05, 0) is 46.6 Å². The Morgan fingerprint density at radius 3 is 2.47 bits per heavy atom. The van der Waals surface area contributed by atoms with Crippen molar-refractivity contribution in [3.8, 4) is 6.07 Å². The molecule has 84 valence electrons. The molecule has 1 aromatic heterocycles. The molecule has 2 aromatic rings. The van der Waals surface area contributed by atoms with Crippen LogP contribution in [0.5, 0.6) is 0 Å². The van der Waals surface area contributed by atoms with E-state index < -0.39 is 0 Å². The van der Waals surface area contributed by atoms with E-state index in [1.54, 1.807) is 12.1 Å². The third-order valence-corrected chi connectivity index (χ3v) is 2.79. The summed E-state index contributed by atoms with van der Waals surface area (Å²) in [4.78, 5) is 0. The fourth-order valence-corrected chi connectivity index (χ4v) is 1.78. The number of hydrogen-bond acceptors (Lipinski definition) is 2. The van der Waals surface area contributed by atoms with E-state index in [2.05, 4.69) is 22.0 Å². The lowest BCUT2D eigenvalue weighted by Crippen LogP contribution is -1.81. The molecule has 0 N–H and O–H groups in total. The number of nitriles is 1. The Kier molecular flexibility index (Phi) is 3.46. The average Bonchev–Trinajstić information content (AvgIpc) is 2.73. The fourth-order valence-electron chi connectivity index (χ4n) is 1.46. The quantitative estimate of drug-likeness (QED) is 0.767. The highest BCUT2D eigenvalue weighted by molar-refractivity contribution is 9.10. The maximum atomic E-state index is 9.15. The summed E-state index contributed by atoms with van der Waals surface area (Å²) in [5, 5.41) is 9.15. The van der Waals surface area contributed by atoms with E-state index in [1.807, 2.05) is 37.3 Å². The van der Waals surface area contributed by atoms with Crippen molar-refractivity contribution in [2.75, 3.05) is 0 Å². The van der Waals surface area contributed by atoms with Gasteiger partial charge in [-0.25, -0.2) is 0 Å². The van der Waals surface area contributed by atoms with Crippen LogP contribution in [-0.4, -0.2) is 0 Å². The highest BCUT2D eigenvalue weighted by Crippen LogP contribution is 2.21. The lowest BCUT2D eigenvalue weighted by molar-refractivity contribution is 0.532. The van der Waals surface area contributed by atoms with Crippen LogP contribution in [0.2, 0.25) is 0 Å². The molecule has 0 bridgehead atoms. The first-order valence-corrected chi connectivity index (χ1v) is 5.92. The average molecular weight is 288 g/mol. The Bertz CT molecular complexity index is 587. The minimum absolute atomic E-state index is 0.590. The summed E-state index contributed by atoms with van der Waals surface area (Å²) in [5.74, 6) is 0.661. The first-order chi connectivity index (χ1) is 8.19. The van der Waals surface area contributed by atoms with Crippen LogP contribution in [-0.2, 0) is 0 Å². The van der Waals surface area contributed by atoms with E-state index >= 15 is 0 Å². The van der Waals surface area contributed by atoms with Gasteiger partial charge in [-0.3, -0.25) is 0 Å². The standard InChI is InChI=1S/C14H10BrNO/c1-10-2-4-11(5-3-10)12(9-16)8-13-6-7-14(15)17-13/h2-8H,1H3/b12-8-. The van der Waals surface area contributed by atoms with Crippen molar-refractivity contribution >= 4 is 27.6 Å². The van der Waals surface area contributed by atoms with Crippen LogP contribution in [0.1, 0.15) is 16.9 Å². The Balaban J connectivity index is 2.37. The van der Waals surface area contributed by atoms with Gasteiger partial charge in [0.1, 0.15) is 5.76 Å². The number of rotatable bonds is 2. The van der Waals surface area contributed by atoms with Crippen LogP contribution >= 0.6 is 15.9 Å². The number of hydrogen-bond donors (Lipinski definition) is 0. The molecule has 0 fully saturated rings. The van der Waals surface area contributed by atoms with Crippen molar-refractivity contribution in [2.45, 2.75) is 6.92 Å². The van der Waals surface area contributed by atoms with Crippen molar-refractivity contribution in [3.63, 3.8) is 0 Å². The summed E-state index contributed by atoms with van der Waals surface area (Å²) >= 11 is 3.23. The molecule has 1 heterocycles. The molecule has 2 rings (SSSR count). The molecule has 2 nitrogen and oxygen atoms in total. The van der Waals surface area contributed by atoms with E-state index in [1.165, 1.54) is 5.56 Å². The molecule has 0 aliphatic heterocycles. The summed E-state index contributed by atoms with van der Waals surface area (Å²) in [6.45, 7) is 2.02. The zero-order valence-electron chi connectivity index (χ0n) is 9.27. The maximum absolute atomic E-state index is 9.15. The summed E-state index contributed by atoms with van der Waals surface area (Å²) < 4.78 is 6.01. The van der Waals surface area contributed by atoms with Gasteiger partial charge >= 0.3 is 0 Å². The number of nitrogens with zero attached hydrogens (tertiary/aromatic N) is 1. The highest BCUT2D eigenvalue weighted by atomic mass is 79.9. The normalized spacial score (nSPS) is 11.2. The van der Waals surface area contributed by atoms with E-state index in [4.69, 9.17) is 9.68 Å². The molecular weight excluding hydrogens is 278 g/mol. The van der Waals surface area contributed by atoms with Gasteiger partial charge in [0.2, 0.25) is 0 Å². The monoisotopic (exact) mass is 287 g/mol. The molecule has 0 saturated carbocycles. The molecule has 3 heteroatoms. The summed E-state index contributed by atoms with van der Waals surface area (Å²) in [5.41, 5.74) is 2.66. The van der Waals surface area contributed by atoms with Crippen molar-refractivity contribution in [1.29, 1.82) is 5.26 Å². The SMILES string of the molecule is Cc1ccc(/C(C#N)=C\c2ccc(Br)o2)cc1. The smallest absolute Gasteiger partial charge is 0.169 e. The number of furan rings is 1. The molecule has 0 aliphatic rings. The summed E-state index contributed by atoms with van der Waals surface area (Å²) in [7, 11) is 0. The Labute approximate surface area is 108 Å². The largest absolute Gasteiger partial charge is 0.450 e. The number of benzene rings is 1. The van der Waals surface area contributed by atoms with Gasteiger partial charge in [-0.15, -0.1) is 0 Å². The van der Waals surface area contributed by atoms with Gasteiger partial charge in [-0.2, -0.15) is 5.26 Å². The van der Waals surface area contributed by atoms with Crippen LogP contribution in [0.3, 0.4) is 0 Å². The van der Waals surface area contributed by atoms with Crippen molar-refractivity contribution in [3.05, 3.63) is 58.0 Å². The molecule has 0 spiro atoms. The predicted molar refractivity (Wildman–Crippen MR) is 71.1 cm³/mol. The molecule has 0 aliphatic carbocycles. The van der Waals surface area contributed by atoms with E-state index in [9.17, 15) is 0 Å². The van der Waals surface area contributed by atoms with Crippen molar-refractivity contribution < 1.29 is 4.42 Å². The molecule has 1 aromatic carbocycles. The molecule has 0 saturated heterocycles. The van der Waals surface area contributed by atoms with Crippen LogP contribution in [0.4, 0.5) is 0 Å². The summed E-state index contributed by atoms with van der Waals surface area (Å²) in [6.07, 6.45) is 1.73. The predicted octanol–water partition coefficient (Wildman–Crippen LogP) is 4.41. The second-order valence-electron chi connectivity index (χ2n) is 3.68. The van der Waals surface area contributed by atoms with E-state index in [0.717, 1.165) is 5.56 Å². The first-order valence-electron chi connectivity index (χ1n) is 5.13. The molecular formula is C14H10BrNO. The lowest BCUT2D eigenvalue weighted by atomic mass is 10.0. The lowest BCUT2D eigenvalue weighted by Gasteiger charge is -1.99. The fraction of sp³-hybridized carbons (Fsp3) is 0.0714. The minimum atomic E-state index is 0.590. The van der Waals surface area contributed by atoms with Gasteiger partial charge in [0, 0.05) is 0 Å². The number of halogens is 1. The van der Waals surface area contributed by atoms with E-state index in [0.29, 0.717) is 16.0 Å². The third-order valence-electron chi connectivity index (χ3n) is 2.36. The van der Waals surface area contributed by atoms with Crippen LogP contribution in [0.15, 0.2) is 45.5 Å². The van der Waals surface area contributed by atoms with Gasteiger partial charge < -0.3 is 4.42 Å². The van der Waals surface area contributed by atoms with Crippen molar-refractivity contribution in [2.24, 2.45) is 0 Å². The Morgan fingerprint density at radius 1 is 1.24 bits per heavy atom. The Hall–Kier alpha value is -1.79. The molecule has 0 atom stereocenters. The minimum Gasteiger partial charge on any atom is -0.450 e. The summed E-state index contributed by atoms with van der Waals surface area (Å²) in [6, 6.07) is 13.6. The van der Waals surface area contributed by atoms with Gasteiger partial charge in [0.05, 0.1) is 11.6 Å². The number of aryl methyl sites for hydroxylation is 1. The maximum Gasteiger partial charge on any atom is 0.169 e. The molecule has 0 amide bonds. The van der Waals surface area contributed by atoms with Crippen LogP contribution < -0.4 is 0 Å². The van der Waals surface area contributed by atoms with Gasteiger partial charge in [-0.1, -0.05) is 29.8 Å². The highest BCUT2D eigenvalue weighted by Gasteiger charge is 2.03. The van der Waals surface area contributed by atoms with Gasteiger partial charge in [0.15, 0.2) is 4.67 Å². The van der Waals surface area contributed by atoms with Crippen LogP contribution in [0.25, 0.3) is 11.6 Å². The topological polar surface area (TPSA) is 36.9 Å². The first kappa shape index (κ1) is 11.7. The third kappa shape index (κ3) is 2.86. The molecule has 0 unspecified atom stereocenters.